The second-order valence-electron chi connectivity index (χ2n) is 4.08. The minimum Gasteiger partial charge on any atom is -0.463 e. The minimum absolute atomic E-state index is 0.319. The fraction of sp³-hybridized carbons (Fsp3) is 0.385. The Labute approximate surface area is 117 Å². The molecule has 0 saturated heterocycles. The van der Waals surface area contributed by atoms with Crippen LogP contribution in [0.1, 0.15) is 18.9 Å². The molecule has 0 unspecified atom stereocenters. The molecule has 0 radical (unpaired) electrons. The maximum absolute atomic E-state index is 5.44. The summed E-state index contributed by atoms with van der Waals surface area (Å²) < 4.78 is 5.44. The normalized spacial score (nSPS) is 10.1. The second kappa shape index (κ2) is 7.22. The smallest absolute Gasteiger partial charge is 0.323 e. The fourth-order valence-electron chi connectivity index (χ4n) is 1.49. The number of aromatic nitrogens is 4. The van der Waals surface area contributed by atoms with Crippen molar-refractivity contribution in [1.82, 2.24) is 19.9 Å². The lowest BCUT2D eigenvalue weighted by Crippen LogP contribution is -2.09. The summed E-state index contributed by atoms with van der Waals surface area (Å²) in [7, 11) is 1.75. The predicted molar refractivity (Wildman–Crippen MR) is 76.7 cm³/mol. The quantitative estimate of drug-likeness (QED) is 0.795. The van der Waals surface area contributed by atoms with Gasteiger partial charge in [-0.05, 0) is 18.1 Å². The van der Waals surface area contributed by atoms with Crippen LogP contribution in [0.3, 0.4) is 0 Å². The van der Waals surface area contributed by atoms with Crippen molar-refractivity contribution in [3.05, 3.63) is 30.1 Å². The minimum atomic E-state index is 0.319. The largest absolute Gasteiger partial charge is 0.463 e. The monoisotopic (exact) mass is 274 g/mol. The van der Waals surface area contributed by atoms with Crippen molar-refractivity contribution in [3.8, 4) is 6.01 Å². The highest BCUT2D eigenvalue weighted by atomic mass is 16.5. The molecule has 0 spiro atoms. The molecule has 20 heavy (non-hydrogen) atoms. The molecule has 0 aliphatic rings. The number of pyridine rings is 1. The fourth-order valence-corrected chi connectivity index (χ4v) is 1.49. The summed E-state index contributed by atoms with van der Waals surface area (Å²) >= 11 is 0. The molecule has 0 aliphatic carbocycles. The summed E-state index contributed by atoms with van der Waals surface area (Å²) in [5, 5.41) is 6.02. The molecule has 0 bridgehead atoms. The van der Waals surface area contributed by atoms with Gasteiger partial charge in [-0.1, -0.05) is 13.0 Å². The van der Waals surface area contributed by atoms with Crippen LogP contribution >= 0.6 is 0 Å². The van der Waals surface area contributed by atoms with E-state index in [0.29, 0.717) is 31.1 Å². The molecule has 2 rings (SSSR count). The van der Waals surface area contributed by atoms with Crippen molar-refractivity contribution in [3.63, 3.8) is 0 Å². The van der Waals surface area contributed by atoms with Gasteiger partial charge in [0.05, 0.1) is 6.61 Å². The van der Waals surface area contributed by atoms with E-state index in [2.05, 4.69) is 30.6 Å². The van der Waals surface area contributed by atoms with Gasteiger partial charge in [0.25, 0.3) is 0 Å². The molecule has 0 saturated carbocycles. The summed E-state index contributed by atoms with van der Waals surface area (Å²) in [5.41, 5.74) is 1.05. The molecule has 0 aliphatic heterocycles. The van der Waals surface area contributed by atoms with Crippen LogP contribution in [0.15, 0.2) is 24.5 Å². The van der Waals surface area contributed by atoms with E-state index in [1.54, 1.807) is 19.4 Å². The zero-order valence-electron chi connectivity index (χ0n) is 11.6. The molecule has 0 amide bonds. The van der Waals surface area contributed by atoms with Crippen molar-refractivity contribution in [2.75, 3.05) is 24.3 Å². The summed E-state index contributed by atoms with van der Waals surface area (Å²) in [6, 6.07) is 4.19. The number of hydrogen-bond donors (Lipinski definition) is 2. The Kier molecular flexibility index (Phi) is 5.05. The van der Waals surface area contributed by atoms with Gasteiger partial charge in [0, 0.05) is 26.0 Å². The lowest BCUT2D eigenvalue weighted by Gasteiger charge is -2.08. The maximum Gasteiger partial charge on any atom is 0.323 e. The maximum atomic E-state index is 5.44. The van der Waals surface area contributed by atoms with Crippen LogP contribution in [-0.2, 0) is 6.54 Å². The Hall–Kier alpha value is -2.44. The standard InChI is InChI=1S/C13H18N6O/c1-3-7-20-13-18-11(14-2)17-12(19-13)16-9-10-5-4-6-15-8-10/h4-6,8H,3,7,9H2,1-2H3,(H2,14,16,17,18,19). The number of rotatable bonds is 7. The third kappa shape index (κ3) is 4.04. The van der Waals surface area contributed by atoms with E-state index in [9.17, 15) is 0 Å². The van der Waals surface area contributed by atoms with Gasteiger partial charge in [-0.3, -0.25) is 4.98 Å². The van der Waals surface area contributed by atoms with E-state index < -0.39 is 0 Å². The number of nitrogens with one attached hydrogen (secondary N) is 2. The Morgan fingerprint density at radius 2 is 2.05 bits per heavy atom. The summed E-state index contributed by atoms with van der Waals surface area (Å²) in [6.07, 6.45) is 4.43. The Morgan fingerprint density at radius 1 is 1.20 bits per heavy atom. The molecular weight excluding hydrogens is 256 g/mol. The Bertz CT molecular complexity index is 534. The summed E-state index contributed by atoms with van der Waals surface area (Å²) in [6.45, 7) is 3.20. The van der Waals surface area contributed by atoms with E-state index in [1.807, 2.05) is 19.1 Å². The van der Waals surface area contributed by atoms with Gasteiger partial charge in [-0.2, -0.15) is 15.0 Å². The van der Waals surface area contributed by atoms with Gasteiger partial charge in [-0.15, -0.1) is 0 Å². The average Bonchev–Trinajstić information content (AvgIpc) is 2.51. The first-order valence-corrected chi connectivity index (χ1v) is 6.51. The highest BCUT2D eigenvalue weighted by Gasteiger charge is 2.06. The zero-order chi connectivity index (χ0) is 14.2. The van der Waals surface area contributed by atoms with Crippen LogP contribution in [0, 0.1) is 0 Å². The first-order valence-electron chi connectivity index (χ1n) is 6.51. The lowest BCUT2D eigenvalue weighted by atomic mass is 10.3. The number of hydrogen-bond acceptors (Lipinski definition) is 7. The average molecular weight is 274 g/mol. The molecule has 2 aromatic heterocycles. The third-order valence-corrected chi connectivity index (χ3v) is 2.45. The number of ether oxygens (including phenoxy) is 1. The highest BCUT2D eigenvalue weighted by molar-refractivity contribution is 5.36. The molecular formula is C13H18N6O. The Balaban J connectivity index is 2.06. The number of anilines is 2. The van der Waals surface area contributed by atoms with Gasteiger partial charge >= 0.3 is 6.01 Å². The van der Waals surface area contributed by atoms with Crippen LogP contribution in [0.2, 0.25) is 0 Å². The van der Waals surface area contributed by atoms with Crippen LogP contribution in [0.25, 0.3) is 0 Å². The van der Waals surface area contributed by atoms with Crippen molar-refractivity contribution in [2.24, 2.45) is 0 Å². The molecule has 2 N–H and O–H groups in total. The van der Waals surface area contributed by atoms with E-state index in [1.165, 1.54) is 0 Å². The predicted octanol–water partition coefficient (Wildman–Crippen LogP) is 1.71. The highest BCUT2D eigenvalue weighted by Crippen LogP contribution is 2.11. The van der Waals surface area contributed by atoms with E-state index in [-0.39, 0.29) is 0 Å². The Morgan fingerprint density at radius 3 is 2.75 bits per heavy atom. The van der Waals surface area contributed by atoms with Gasteiger partial charge in [0.2, 0.25) is 11.9 Å². The number of nitrogens with zero attached hydrogens (tertiary/aromatic N) is 4. The van der Waals surface area contributed by atoms with E-state index in [0.717, 1.165) is 12.0 Å². The lowest BCUT2D eigenvalue weighted by molar-refractivity contribution is 0.292. The van der Waals surface area contributed by atoms with Crippen molar-refractivity contribution in [2.45, 2.75) is 19.9 Å². The zero-order valence-corrected chi connectivity index (χ0v) is 11.6. The van der Waals surface area contributed by atoms with Crippen LogP contribution in [0.5, 0.6) is 6.01 Å². The van der Waals surface area contributed by atoms with E-state index >= 15 is 0 Å². The molecule has 0 fully saturated rings. The van der Waals surface area contributed by atoms with Crippen molar-refractivity contribution in [1.29, 1.82) is 0 Å². The molecule has 2 heterocycles. The van der Waals surface area contributed by atoms with Crippen LogP contribution in [0.4, 0.5) is 11.9 Å². The molecule has 2 aromatic rings. The molecule has 106 valence electrons. The topological polar surface area (TPSA) is 84.9 Å². The second-order valence-corrected chi connectivity index (χ2v) is 4.08. The van der Waals surface area contributed by atoms with Gasteiger partial charge in [0.1, 0.15) is 0 Å². The summed E-state index contributed by atoms with van der Waals surface area (Å²) in [4.78, 5) is 16.6. The van der Waals surface area contributed by atoms with Crippen molar-refractivity contribution < 1.29 is 4.74 Å². The van der Waals surface area contributed by atoms with Crippen LogP contribution in [-0.4, -0.2) is 33.6 Å². The van der Waals surface area contributed by atoms with Crippen molar-refractivity contribution >= 4 is 11.9 Å². The molecule has 7 heteroatoms. The van der Waals surface area contributed by atoms with Gasteiger partial charge < -0.3 is 15.4 Å². The summed E-state index contributed by atoms with van der Waals surface area (Å²) in [5.74, 6) is 0.944. The SMILES string of the molecule is CCCOc1nc(NC)nc(NCc2cccnc2)n1. The molecule has 7 nitrogen and oxygen atoms in total. The van der Waals surface area contributed by atoms with Gasteiger partial charge in [-0.25, -0.2) is 0 Å². The first kappa shape index (κ1) is 14.0. The molecule has 0 atom stereocenters. The molecule has 0 aromatic carbocycles. The first-order chi connectivity index (χ1) is 9.81. The van der Waals surface area contributed by atoms with E-state index in [4.69, 9.17) is 4.74 Å². The van der Waals surface area contributed by atoms with Gasteiger partial charge in [0.15, 0.2) is 0 Å². The van der Waals surface area contributed by atoms with Crippen LogP contribution < -0.4 is 15.4 Å². The third-order valence-electron chi connectivity index (χ3n) is 2.45.